The lowest BCUT2D eigenvalue weighted by Crippen LogP contribution is -2.23. The molecule has 3 rings (SSSR count). The van der Waals surface area contributed by atoms with E-state index in [1.807, 2.05) is 0 Å². The second-order valence-corrected chi connectivity index (χ2v) is 4.11. The number of hydrogen-bond acceptors (Lipinski definition) is 6. The Morgan fingerprint density at radius 1 is 1.30 bits per heavy atom. The van der Waals surface area contributed by atoms with Gasteiger partial charge in [0.2, 0.25) is 11.7 Å². The van der Waals surface area contributed by atoms with Crippen LogP contribution in [0.2, 0.25) is 0 Å². The zero-order valence-electron chi connectivity index (χ0n) is 10.3. The monoisotopic (exact) mass is 273 g/mol. The van der Waals surface area contributed by atoms with Crippen molar-refractivity contribution in [1.82, 2.24) is 10.2 Å². The Hall–Kier alpha value is -2.83. The molecule has 1 aliphatic carbocycles. The minimum atomic E-state index is -0.509. The number of halogens is 1. The Balaban J connectivity index is 2.44. The number of fused-ring (bicyclic) bond motifs is 3. The van der Waals surface area contributed by atoms with Crippen LogP contribution < -0.4 is 4.74 Å². The van der Waals surface area contributed by atoms with Gasteiger partial charge in [0.15, 0.2) is 5.71 Å². The number of ether oxygens (including phenoxy) is 1. The molecule has 0 radical (unpaired) electrons. The largest absolute Gasteiger partial charge is 0.479 e. The molecular formula is C13H8FN3O3. The molecule has 7 heteroatoms. The van der Waals surface area contributed by atoms with Crippen molar-refractivity contribution in [3.8, 4) is 17.0 Å². The Kier molecular flexibility index (Phi) is 2.67. The van der Waals surface area contributed by atoms with Crippen LogP contribution >= 0.6 is 0 Å². The lowest BCUT2D eigenvalue weighted by Gasteiger charge is -2.20. The van der Waals surface area contributed by atoms with Crippen LogP contribution in [-0.4, -0.2) is 34.0 Å². The van der Waals surface area contributed by atoms with Crippen molar-refractivity contribution >= 4 is 11.5 Å². The molecule has 0 amide bonds. The third-order valence-corrected chi connectivity index (χ3v) is 3.08. The van der Waals surface area contributed by atoms with Gasteiger partial charge in [-0.3, -0.25) is 4.79 Å². The number of aromatic nitrogens is 2. The zero-order valence-corrected chi connectivity index (χ0v) is 10.3. The van der Waals surface area contributed by atoms with Crippen LogP contribution in [0.5, 0.6) is 5.88 Å². The van der Waals surface area contributed by atoms with Crippen LogP contribution in [0.15, 0.2) is 29.6 Å². The number of carbonyl (C=O) groups excluding carboxylic acids is 1. The fraction of sp³-hybridized carbons (Fsp3) is 0.0769. The molecule has 0 unspecified atom stereocenters. The molecule has 1 aromatic heterocycles. The molecule has 2 aromatic rings. The van der Waals surface area contributed by atoms with E-state index < -0.39 is 11.6 Å². The normalized spacial score (nSPS) is 14.9. The predicted octanol–water partition coefficient (Wildman–Crippen LogP) is 1.67. The Morgan fingerprint density at radius 3 is 2.80 bits per heavy atom. The quantitative estimate of drug-likeness (QED) is 0.631. The fourth-order valence-corrected chi connectivity index (χ4v) is 2.22. The maximum Gasteiger partial charge on any atom is 0.241 e. The standard InChI is InChI=1S/C13H8FN3O3/c1-20-13-10-8-4-6(14)2-3-7(8)12(18)11(17-19)9(10)5-15-16-13/h2-5,19H,1H3/b17-11-. The zero-order chi connectivity index (χ0) is 14.3. The molecule has 0 aliphatic heterocycles. The van der Waals surface area contributed by atoms with Gasteiger partial charge in [-0.1, -0.05) is 5.16 Å². The Bertz CT molecular complexity index is 759. The number of nitrogens with zero attached hydrogens (tertiary/aromatic N) is 3. The maximum atomic E-state index is 13.5. The highest BCUT2D eigenvalue weighted by atomic mass is 19.1. The van der Waals surface area contributed by atoms with E-state index in [-0.39, 0.29) is 22.7 Å². The van der Waals surface area contributed by atoms with Crippen molar-refractivity contribution in [2.45, 2.75) is 0 Å². The van der Waals surface area contributed by atoms with Crippen molar-refractivity contribution in [2.24, 2.45) is 5.16 Å². The Morgan fingerprint density at radius 2 is 2.10 bits per heavy atom. The summed E-state index contributed by atoms with van der Waals surface area (Å²) in [4.78, 5) is 12.2. The van der Waals surface area contributed by atoms with Crippen LogP contribution in [0.25, 0.3) is 11.1 Å². The summed E-state index contributed by atoms with van der Waals surface area (Å²) < 4.78 is 18.6. The first-order chi connectivity index (χ1) is 9.67. The number of hydrogen-bond donors (Lipinski definition) is 1. The van der Waals surface area contributed by atoms with E-state index in [1.54, 1.807) is 0 Å². The average molecular weight is 273 g/mol. The minimum Gasteiger partial charge on any atom is -0.479 e. The van der Waals surface area contributed by atoms with E-state index in [2.05, 4.69) is 15.4 Å². The number of oxime groups is 1. The molecule has 0 saturated carbocycles. The number of ketones is 1. The maximum absolute atomic E-state index is 13.5. The van der Waals surface area contributed by atoms with Gasteiger partial charge in [-0.25, -0.2) is 4.39 Å². The SMILES string of the molecule is COc1nncc2c1-c1cc(F)ccc1C(=O)/C2=N\O. The number of methoxy groups -OCH3 is 1. The molecule has 1 heterocycles. The second kappa shape index (κ2) is 4.37. The molecule has 1 aromatic carbocycles. The summed E-state index contributed by atoms with van der Waals surface area (Å²) in [6.07, 6.45) is 1.28. The third-order valence-electron chi connectivity index (χ3n) is 3.08. The summed E-state index contributed by atoms with van der Waals surface area (Å²) in [5.41, 5.74) is 1.02. The van der Waals surface area contributed by atoms with Crippen LogP contribution in [0.4, 0.5) is 4.39 Å². The first kappa shape index (κ1) is 12.2. The van der Waals surface area contributed by atoms with Gasteiger partial charge in [0.1, 0.15) is 5.82 Å². The van der Waals surface area contributed by atoms with Gasteiger partial charge < -0.3 is 9.94 Å². The summed E-state index contributed by atoms with van der Waals surface area (Å²) in [5.74, 6) is -0.876. The van der Waals surface area contributed by atoms with Crippen molar-refractivity contribution in [2.75, 3.05) is 7.11 Å². The molecule has 1 aliphatic rings. The van der Waals surface area contributed by atoms with Gasteiger partial charge >= 0.3 is 0 Å². The molecule has 6 nitrogen and oxygen atoms in total. The molecule has 100 valence electrons. The molecule has 20 heavy (non-hydrogen) atoms. The predicted molar refractivity (Wildman–Crippen MR) is 66.6 cm³/mol. The van der Waals surface area contributed by atoms with Gasteiger partial charge in [-0.05, 0) is 18.2 Å². The topological polar surface area (TPSA) is 84.7 Å². The highest BCUT2D eigenvalue weighted by Gasteiger charge is 2.32. The van der Waals surface area contributed by atoms with Gasteiger partial charge in [-0.15, -0.1) is 5.10 Å². The smallest absolute Gasteiger partial charge is 0.241 e. The summed E-state index contributed by atoms with van der Waals surface area (Å²) in [6.45, 7) is 0. The first-order valence-corrected chi connectivity index (χ1v) is 5.64. The van der Waals surface area contributed by atoms with E-state index in [9.17, 15) is 9.18 Å². The lowest BCUT2D eigenvalue weighted by atomic mass is 9.85. The van der Waals surface area contributed by atoms with Gasteiger partial charge in [-0.2, -0.15) is 5.10 Å². The van der Waals surface area contributed by atoms with E-state index in [0.717, 1.165) is 6.07 Å². The van der Waals surface area contributed by atoms with Gasteiger partial charge in [0.25, 0.3) is 0 Å². The first-order valence-electron chi connectivity index (χ1n) is 5.64. The van der Waals surface area contributed by atoms with E-state index >= 15 is 0 Å². The van der Waals surface area contributed by atoms with Crippen LogP contribution in [0, 0.1) is 5.82 Å². The minimum absolute atomic E-state index is 0.128. The molecule has 0 fully saturated rings. The molecule has 0 atom stereocenters. The van der Waals surface area contributed by atoms with Gasteiger partial charge in [0, 0.05) is 16.7 Å². The third kappa shape index (κ3) is 1.56. The van der Waals surface area contributed by atoms with Crippen LogP contribution in [0.1, 0.15) is 15.9 Å². The number of benzene rings is 1. The number of carbonyl (C=O) groups is 1. The fourth-order valence-electron chi connectivity index (χ4n) is 2.22. The second-order valence-electron chi connectivity index (χ2n) is 4.11. The van der Waals surface area contributed by atoms with E-state index in [4.69, 9.17) is 9.94 Å². The summed E-state index contributed by atoms with van der Waals surface area (Å²) in [7, 11) is 1.38. The van der Waals surface area contributed by atoms with Crippen LogP contribution in [0.3, 0.4) is 0 Å². The van der Waals surface area contributed by atoms with E-state index in [1.165, 1.54) is 25.4 Å². The highest BCUT2D eigenvalue weighted by Crippen LogP contribution is 2.38. The van der Waals surface area contributed by atoms with Crippen molar-refractivity contribution in [3.05, 3.63) is 41.3 Å². The number of Topliss-reactive ketones (excluding diaryl/α,β-unsaturated/α-hetero) is 1. The molecule has 1 N–H and O–H groups in total. The van der Waals surface area contributed by atoms with Crippen molar-refractivity contribution in [1.29, 1.82) is 0 Å². The average Bonchev–Trinajstić information content (AvgIpc) is 2.47. The molecular weight excluding hydrogens is 265 g/mol. The summed E-state index contributed by atoms with van der Waals surface area (Å²) >= 11 is 0. The lowest BCUT2D eigenvalue weighted by molar-refractivity contribution is 0.106. The highest BCUT2D eigenvalue weighted by molar-refractivity contribution is 6.54. The van der Waals surface area contributed by atoms with Crippen molar-refractivity contribution < 1.29 is 19.1 Å². The van der Waals surface area contributed by atoms with E-state index in [0.29, 0.717) is 11.1 Å². The van der Waals surface area contributed by atoms with Gasteiger partial charge in [0.05, 0.1) is 18.9 Å². The molecule has 0 saturated heterocycles. The number of rotatable bonds is 1. The summed E-state index contributed by atoms with van der Waals surface area (Å²) in [6, 6.07) is 3.71. The van der Waals surface area contributed by atoms with Crippen LogP contribution in [-0.2, 0) is 0 Å². The summed E-state index contributed by atoms with van der Waals surface area (Å²) in [5, 5.41) is 19.5. The Labute approximate surface area is 112 Å². The molecule has 0 bridgehead atoms. The molecule has 0 spiro atoms. The van der Waals surface area contributed by atoms with Crippen molar-refractivity contribution in [3.63, 3.8) is 0 Å².